The van der Waals surface area contributed by atoms with Crippen molar-refractivity contribution in [2.75, 3.05) is 0 Å². The fourth-order valence-electron chi connectivity index (χ4n) is 4.02. The van der Waals surface area contributed by atoms with Gasteiger partial charge in [-0.25, -0.2) is 0 Å². The second-order valence-electron chi connectivity index (χ2n) is 7.17. The molecule has 0 aliphatic carbocycles. The molecule has 0 bridgehead atoms. The molecule has 6 aromatic rings. The van der Waals surface area contributed by atoms with Crippen molar-refractivity contribution in [2.24, 2.45) is 0 Å². The Morgan fingerprint density at radius 2 is 1.29 bits per heavy atom. The van der Waals surface area contributed by atoms with E-state index in [1.54, 1.807) is 0 Å². The zero-order valence-corrected chi connectivity index (χ0v) is 16.0. The van der Waals surface area contributed by atoms with Crippen LogP contribution in [0, 0.1) is 0 Å². The number of hydrogen-bond acceptors (Lipinski definition) is 1. The van der Waals surface area contributed by atoms with Crippen LogP contribution in [-0.2, 0) is 0 Å². The molecular weight excluding hydrogens is 358 g/mol. The third kappa shape index (κ3) is 2.46. The second-order valence-corrected chi connectivity index (χ2v) is 8.25. The van der Waals surface area contributed by atoms with Gasteiger partial charge in [-0.2, -0.15) is 0 Å². The first-order valence-corrected chi connectivity index (χ1v) is 10.3. The van der Waals surface area contributed by atoms with E-state index < -0.39 is 0 Å². The van der Waals surface area contributed by atoms with Crippen molar-refractivity contribution in [3.8, 4) is 22.3 Å². The highest BCUT2D eigenvalue weighted by molar-refractivity contribution is 7.25. The van der Waals surface area contributed by atoms with Gasteiger partial charge in [0.1, 0.15) is 0 Å². The zero-order chi connectivity index (χ0) is 18.5. The maximum atomic E-state index is 3.27. The molecule has 0 radical (unpaired) electrons. The van der Waals surface area contributed by atoms with Crippen LogP contribution in [0.15, 0.2) is 97.2 Å². The maximum Gasteiger partial charge on any atom is 0.0454 e. The smallest absolute Gasteiger partial charge is 0.0454 e. The predicted octanol–water partition coefficient (Wildman–Crippen LogP) is 7.87. The van der Waals surface area contributed by atoms with E-state index in [0.717, 1.165) is 0 Å². The van der Waals surface area contributed by atoms with E-state index in [-0.39, 0.29) is 0 Å². The fraction of sp³-hybridized carbons (Fsp3) is 0. The molecule has 6 rings (SSSR count). The largest absolute Gasteiger partial charge is 0.361 e. The van der Waals surface area contributed by atoms with Gasteiger partial charge in [0.15, 0.2) is 0 Å². The van der Waals surface area contributed by atoms with Crippen LogP contribution in [0.25, 0.3) is 53.3 Å². The topological polar surface area (TPSA) is 15.8 Å². The van der Waals surface area contributed by atoms with Crippen LogP contribution >= 0.6 is 11.3 Å². The molecule has 0 atom stereocenters. The Morgan fingerprint density at radius 3 is 2.21 bits per heavy atom. The van der Waals surface area contributed by atoms with Gasteiger partial charge in [-0.15, -0.1) is 11.3 Å². The highest BCUT2D eigenvalue weighted by Gasteiger charge is 2.08. The highest BCUT2D eigenvalue weighted by Crippen LogP contribution is 2.37. The van der Waals surface area contributed by atoms with Gasteiger partial charge in [0, 0.05) is 31.9 Å². The summed E-state index contributed by atoms with van der Waals surface area (Å²) in [6, 6.07) is 33.1. The van der Waals surface area contributed by atoms with Crippen LogP contribution < -0.4 is 0 Å². The molecule has 0 aliphatic heterocycles. The summed E-state index contributed by atoms with van der Waals surface area (Å²) in [4.78, 5) is 3.27. The predicted molar refractivity (Wildman–Crippen MR) is 122 cm³/mol. The molecule has 2 heteroatoms. The van der Waals surface area contributed by atoms with Gasteiger partial charge < -0.3 is 4.98 Å². The molecule has 0 aliphatic rings. The van der Waals surface area contributed by atoms with Crippen molar-refractivity contribution in [3.63, 3.8) is 0 Å². The van der Waals surface area contributed by atoms with Gasteiger partial charge in [0.25, 0.3) is 0 Å². The van der Waals surface area contributed by atoms with Gasteiger partial charge in [0.2, 0.25) is 0 Å². The summed E-state index contributed by atoms with van der Waals surface area (Å²) in [5.74, 6) is 0. The van der Waals surface area contributed by atoms with Crippen LogP contribution in [0.2, 0.25) is 0 Å². The lowest BCUT2D eigenvalue weighted by atomic mass is 9.97. The second kappa shape index (κ2) is 6.08. The van der Waals surface area contributed by atoms with E-state index in [2.05, 4.69) is 96.0 Å². The number of benzene rings is 4. The first-order valence-electron chi connectivity index (χ1n) is 9.44. The van der Waals surface area contributed by atoms with E-state index >= 15 is 0 Å². The van der Waals surface area contributed by atoms with Crippen molar-refractivity contribution < 1.29 is 0 Å². The summed E-state index contributed by atoms with van der Waals surface area (Å²) in [6.45, 7) is 0. The summed E-state index contributed by atoms with van der Waals surface area (Å²) in [6.07, 6.45) is 1.99. The van der Waals surface area contributed by atoms with Crippen LogP contribution in [0.5, 0.6) is 0 Å². The minimum absolute atomic E-state index is 1.18. The van der Waals surface area contributed by atoms with Crippen LogP contribution in [-0.4, -0.2) is 4.98 Å². The summed E-state index contributed by atoms with van der Waals surface area (Å²) in [5.41, 5.74) is 6.19. The molecule has 2 heterocycles. The maximum absolute atomic E-state index is 3.27. The normalized spacial score (nSPS) is 11.6. The standard InChI is InChI=1S/C26H17NS/c1-2-7-25-22(6-1)23-16-20(9-11-26(23)28-25)18-5-3-4-17(14-18)19-8-10-24-21(15-19)12-13-27-24/h1-16,27H. The molecule has 4 aromatic carbocycles. The van der Waals surface area contributed by atoms with Crippen molar-refractivity contribution in [1.29, 1.82) is 0 Å². The Hall–Kier alpha value is -3.36. The average molecular weight is 375 g/mol. The third-order valence-corrected chi connectivity index (χ3v) is 6.61. The van der Waals surface area contributed by atoms with E-state index in [1.807, 2.05) is 17.5 Å². The molecule has 0 fully saturated rings. The molecular formula is C26H17NS. The van der Waals surface area contributed by atoms with Crippen molar-refractivity contribution >= 4 is 42.4 Å². The first kappa shape index (κ1) is 15.7. The Labute approximate surface area is 166 Å². The number of thiophene rings is 1. The number of H-pyrrole nitrogens is 1. The average Bonchev–Trinajstić information content (AvgIpc) is 3.37. The molecule has 1 N–H and O–H groups in total. The summed E-state index contributed by atoms with van der Waals surface area (Å²) >= 11 is 1.86. The van der Waals surface area contributed by atoms with Crippen LogP contribution in [0.1, 0.15) is 0 Å². The monoisotopic (exact) mass is 375 g/mol. The number of hydrogen-bond donors (Lipinski definition) is 1. The van der Waals surface area contributed by atoms with E-state index in [9.17, 15) is 0 Å². The SMILES string of the molecule is c1cc(-c2ccc3[nH]ccc3c2)cc(-c2ccc3sc4ccccc4c3c2)c1. The lowest BCUT2D eigenvalue weighted by molar-refractivity contribution is 1.48. The summed E-state index contributed by atoms with van der Waals surface area (Å²) in [7, 11) is 0. The molecule has 0 saturated heterocycles. The lowest BCUT2D eigenvalue weighted by Gasteiger charge is -2.07. The first-order chi connectivity index (χ1) is 13.8. The molecule has 0 unspecified atom stereocenters. The van der Waals surface area contributed by atoms with E-state index in [0.29, 0.717) is 0 Å². The van der Waals surface area contributed by atoms with Gasteiger partial charge in [-0.3, -0.25) is 0 Å². The fourth-order valence-corrected chi connectivity index (χ4v) is 5.10. The number of aromatic nitrogens is 1. The van der Waals surface area contributed by atoms with Crippen LogP contribution in [0.3, 0.4) is 0 Å². The van der Waals surface area contributed by atoms with Gasteiger partial charge in [-0.1, -0.05) is 48.5 Å². The van der Waals surface area contributed by atoms with Gasteiger partial charge >= 0.3 is 0 Å². The molecule has 0 saturated carbocycles. The zero-order valence-electron chi connectivity index (χ0n) is 15.1. The Balaban J connectivity index is 1.49. The van der Waals surface area contributed by atoms with Gasteiger partial charge in [0.05, 0.1) is 0 Å². The van der Waals surface area contributed by atoms with Crippen LogP contribution in [0.4, 0.5) is 0 Å². The number of fused-ring (bicyclic) bond motifs is 4. The minimum Gasteiger partial charge on any atom is -0.361 e. The van der Waals surface area contributed by atoms with E-state index in [1.165, 1.54) is 53.3 Å². The minimum atomic E-state index is 1.18. The Kier molecular flexibility index (Phi) is 3.40. The van der Waals surface area contributed by atoms with Crippen molar-refractivity contribution in [2.45, 2.75) is 0 Å². The van der Waals surface area contributed by atoms with E-state index in [4.69, 9.17) is 0 Å². The molecule has 1 nitrogen and oxygen atoms in total. The van der Waals surface area contributed by atoms with Crippen molar-refractivity contribution in [1.82, 2.24) is 4.98 Å². The Morgan fingerprint density at radius 1 is 0.536 bits per heavy atom. The molecule has 0 spiro atoms. The molecule has 0 amide bonds. The number of rotatable bonds is 2. The summed E-state index contributed by atoms with van der Waals surface area (Å²) < 4.78 is 2.70. The highest BCUT2D eigenvalue weighted by atomic mass is 32.1. The summed E-state index contributed by atoms with van der Waals surface area (Å²) in [5, 5.41) is 3.93. The van der Waals surface area contributed by atoms with Crippen molar-refractivity contribution in [3.05, 3.63) is 97.2 Å². The number of nitrogens with one attached hydrogen (secondary N) is 1. The molecule has 2 aromatic heterocycles. The third-order valence-electron chi connectivity index (χ3n) is 5.46. The molecule has 132 valence electrons. The Bertz CT molecular complexity index is 1470. The number of aromatic amines is 1. The van der Waals surface area contributed by atoms with Gasteiger partial charge in [-0.05, 0) is 70.1 Å². The quantitative estimate of drug-likeness (QED) is 0.317. The molecule has 28 heavy (non-hydrogen) atoms. The lowest BCUT2D eigenvalue weighted by Crippen LogP contribution is -1.82.